The first-order valence-electron chi connectivity index (χ1n) is 9.87. The molecule has 1 aromatic heterocycles. The molecule has 7 heteroatoms. The normalized spacial score (nSPS) is 11.3. The van der Waals surface area contributed by atoms with Crippen molar-refractivity contribution in [1.29, 1.82) is 0 Å². The van der Waals surface area contributed by atoms with Gasteiger partial charge in [0.15, 0.2) is 0 Å². The Bertz CT molecular complexity index is 1140. The van der Waals surface area contributed by atoms with Crippen LogP contribution in [0.25, 0.3) is 5.69 Å². The molecule has 0 saturated carbocycles. The van der Waals surface area contributed by atoms with Crippen molar-refractivity contribution in [2.24, 2.45) is 5.10 Å². The molecule has 0 aliphatic carbocycles. The number of nitrogens with one attached hydrogen (secondary N) is 1. The lowest BCUT2D eigenvalue weighted by atomic mass is 10.1. The minimum absolute atomic E-state index is 0.146. The van der Waals surface area contributed by atoms with Gasteiger partial charge in [0, 0.05) is 37.9 Å². The summed E-state index contributed by atoms with van der Waals surface area (Å²) < 4.78 is 3.19. The third-order valence-corrected chi connectivity index (χ3v) is 7.40. The Hall–Kier alpha value is -2.02. The van der Waals surface area contributed by atoms with Crippen LogP contribution in [0.15, 0.2) is 52.0 Å². The number of aryl methyl sites for hydroxylation is 2. The van der Waals surface area contributed by atoms with E-state index in [2.05, 4.69) is 76.9 Å². The van der Waals surface area contributed by atoms with Crippen LogP contribution < -0.4 is 5.43 Å². The van der Waals surface area contributed by atoms with Crippen LogP contribution in [0.2, 0.25) is 5.02 Å². The van der Waals surface area contributed by atoms with Gasteiger partial charge in [0.05, 0.1) is 12.0 Å². The van der Waals surface area contributed by atoms with Crippen molar-refractivity contribution in [2.45, 2.75) is 33.4 Å². The molecule has 1 amide bonds. The molecule has 3 aromatic rings. The van der Waals surface area contributed by atoms with Crippen molar-refractivity contribution in [3.05, 3.63) is 85.6 Å². The van der Waals surface area contributed by atoms with Gasteiger partial charge in [-0.2, -0.15) is 5.10 Å². The summed E-state index contributed by atoms with van der Waals surface area (Å²) in [6.45, 7) is 8.33. The molecule has 1 heterocycles. The van der Waals surface area contributed by atoms with Gasteiger partial charge in [-0.15, -0.1) is 11.8 Å². The fourth-order valence-corrected chi connectivity index (χ4v) is 5.04. The highest BCUT2D eigenvalue weighted by Gasteiger charge is 2.17. The van der Waals surface area contributed by atoms with E-state index in [1.165, 1.54) is 22.9 Å². The van der Waals surface area contributed by atoms with Crippen LogP contribution in [0.1, 0.15) is 33.6 Å². The summed E-state index contributed by atoms with van der Waals surface area (Å²) in [5, 5.41) is 4.91. The Balaban J connectivity index is 1.66. The van der Waals surface area contributed by atoms with E-state index in [0.29, 0.717) is 11.5 Å². The van der Waals surface area contributed by atoms with Gasteiger partial charge in [0.2, 0.25) is 5.91 Å². The molecule has 0 aliphatic heterocycles. The monoisotopic (exact) mass is 517 g/mol. The van der Waals surface area contributed by atoms with Crippen molar-refractivity contribution < 1.29 is 4.79 Å². The molecular weight excluding hydrogens is 494 g/mol. The number of rotatable bonds is 7. The zero-order chi connectivity index (χ0) is 22.5. The lowest BCUT2D eigenvalue weighted by molar-refractivity contribution is -0.118. The topological polar surface area (TPSA) is 46.4 Å². The Morgan fingerprint density at radius 1 is 1.16 bits per heavy atom. The number of hydrogen-bond acceptors (Lipinski definition) is 3. The van der Waals surface area contributed by atoms with Gasteiger partial charge in [-0.3, -0.25) is 4.79 Å². The molecule has 3 rings (SSSR count). The first-order valence-corrected chi connectivity index (χ1v) is 12.2. The van der Waals surface area contributed by atoms with Crippen molar-refractivity contribution >= 4 is 51.4 Å². The number of carbonyl (C=O) groups excluding carboxylic acids is 1. The van der Waals surface area contributed by atoms with Gasteiger partial charge in [-0.05, 0) is 72.4 Å². The summed E-state index contributed by atoms with van der Waals surface area (Å²) in [4.78, 5) is 12.2. The van der Waals surface area contributed by atoms with Crippen molar-refractivity contribution in [2.75, 3.05) is 5.75 Å². The van der Waals surface area contributed by atoms with E-state index in [1.807, 2.05) is 24.3 Å². The summed E-state index contributed by atoms with van der Waals surface area (Å²) in [6, 6.07) is 14.1. The van der Waals surface area contributed by atoms with Crippen LogP contribution in [0.3, 0.4) is 0 Å². The SMILES string of the molecule is Cc1ccc(C)c(-n2c(C)c(Br)c(/C=N\NC(=O)CSCc3ccccc3Cl)c2C)c1. The predicted molar refractivity (Wildman–Crippen MR) is 136 cm³/mol. The minimum Gasteiger partial charge on any atom is -0.316 e. The largest absolute Gasteiger partial charge is 0.316 e. The quantitative estimate of drug-likeness (QED) is 0.286. The molecule has 0 spiro atoms. The smallest absolute Gasteiger partial charge is 0.250 e. The Morgan fingerprint density at radius 2 is 1.90 bits per heavy atom. The van der Waals surface area contributed by atoms with Crippen LogP contribution >= 0.6 is 39.3 Å². The van der Waals surface area contributed by atoms with E-state index in [9.17, 15) is 4.79 Å². The molecule has 1 N–H and O–H groups in total. The van der Waals surface area contributed by atoms with Crippen molar-refractivity contribution in [1.82, 2.24) is 9.99 Å². The second-order valence-electron chi connectivity index (χ2n) is 7.40. The maximum absolute atomic E-state index is 12.2. The third kappa shape index (κ3) is 5.62. The summed E-state index contributed by atoms with van der Waals surface area (Å²) in [7, 11) is 0. The highest BCUT2D eigenvalue weighted by molar-refractivity contribution is 9.10. The van der Waals surface area contributed by atoms with Crippen LogP contribution in [0.4, 0.5) is 0 Å². The average Bonchev–Trinajstić information content (AvgIpc) is 2.94. The highest BCUT2D eigenvalue weighted by atomic mass is 79.9. The lowest BCUT2D eigenvalue weighted by Crippen LogP contribution is -2.19. The predicted octanol–water partition coefficient (Wildman–Crippen LogP) is 6.51. The number of halogens is 2. The Kier molecular flexibility index (Phi) is 8.03. The number of amides is 1. The molecule has 0 saturated heterocycles. The molecule has 0 bridgehead atoms. The highest BCUT2D eigenvalue weighted by Crippen LogP contribution is 2.31. The van der Waals surface area contributed by atoms with Gasteiger partial charge in [0.25, 0.3) is 0 Å². The van der Waals surface area contributed by atoms with E-state index in [1.54, 1.807) is 6.21 Å². The Labute approximate surface area is 201 Å². The van der Waals surface area contributed by atoms with Crippen molar-refractivity contribution in [3.8, 4) is 5.69 Å². The van der Waals surface area contributed by atoms with Crippen LogP contribution in [-0.4, -0.2) is 22.4 Å². The molecule has 0 unspecified atom stereocenters. The summed E-state index contributed by atoms with van der Waals surface area (Å²) in [5.74, 6) is 0.845. The molecule has 0 radical (unpaired) electrons. The molecule has 4 nitrogen and oxygen atoms in total. The van der Waals surface area contributed by atoms with E-state index in [4.69, 9.17) is 11.6 Å². The Morgan fingerprint density at radius 3 is 2.65 bits per heavy atom. The number of aromatic nitrogens is 1. The van der Waals surface area contributed by atoms with Crippen molar-refractivity contribution in [3.63, 3.8) is 0 Å². The molecule has 2 aromatic carbocycles. The summed E-state index contributed by atoms with van der Waals surface area (Å²) in [5.41, 5.74) is 10.3. The van der Waals surface area contributed by atoms with Gasteiger partial charge >= 0.3 is 0 Å². The third-order valence-electron chi connectivity index (χ3n) is 5.05. The van der Waals surface area contributed by atoms with E-state index in [-0.39, 0.29) is 5.91 Å². The number of hydrazone groups is 1. The molecule has 0 fully saturated rings. The number of carbonyl (C=O) groups is 1. The molecule has 162 valence electrons. The van der Waals surface area contributed by atoms with E-state index < -0.39 is 0 Å². The minimum atomic E-state index is -0.146. The maximum atomic E-state index is 12.2. The number of nitrogens with zero attached hydrogens (tertiary/aromatic N) is 2. The van der Waals surface area contributed by atoms with Gasteiger partial charge in [0.1, 0.15) is 0 Å². The van der Waals surface area contributed by atoms with Gasteiger partial charge < -0.3 is 4.57 Å². The fourth-order valence-electron chi connectivity index (χ4n) is 3.37. The fraction of sp³-hybridized carbons (Fsp3) is 0.250. The molecule has 0 aliphatic rings. The number of thioether (sulfide) groups is 1. The second kappa shape index (κ2) is 10.5. The zero-order valence-corrected chi connectivity index (χ0v) is 21.2. The van der Waals surface area contributed by atoms with Crippen LogP contribution in [0.5, 0.6) is 0 Å². The van der Waals surface area contributed by atoms with Gasteiger partial charge in [-0.1, -0.05) is 41.9 Å². The number of hydrogen-bond donors (Lipinski definition) is 1. The maximum Gasteiger partial charge on any atom is 0.250 e. The van der Waals surface area contributed by atoms with Gasteiger partial charge in [-0.25, -0.2) is 5.43 Å². The second-order valence-corrected chi connectivity index (χ2v) is 9.59. The van der Waals surface area contributed by atoms with Crippen LogP contribution in [-0.2, 0) is 10.5 Å². The molecular formula is C24H25BrClN3OS. The lowest BCUT2D eigenvalue weighted by Gasteiger charge is -2.13. The standard InChI is InChI=1S/C24H25BrClN3OS/c1-15-9-10-16(2)22(11-15)29-17(3)20(24(25)18(29)4)12-27-28-23(30)14-31-13-19-7-5-6-8-21(19)26/h5-12H,13-14H2,1-4H3,(H,28,30)/b27-12-. The number of benzene rings is 2. The molecule has 31 heavy (non-hydrogen) atoms. The van der Waals surface area contributed by atoms with E-state index in [0.717, 1.165) is 37.7 Å². The molecule has 0 atom stereocenters. The van der Waals surface area contributed by atoms with Crippen LogP contribution in [0, 0.1) is 27.7 Å². The average molecular weight is 519 g/mol. The zero-order valence-electron chi connectivity index (χ0n) is 18.0. The first kappa shape index (κ1) is 23.6. The van der Waals surface area contributed by atoms with E-state index >= 15 is 0 Å². The summed E-state index contributed by atoms with van der Waals surface area (Å²) >= 11 is 11.4. The first-order chi connectivity index (χ1) is 14.8. The summed E-state index contributed by atoms with van der Waals surface area (Å²) in [6.07, 6.45) is 1.70.